The zero-order chi connectivity index (χ0) is 19.0. The van der Waals surface area contributed by atoms with Crippen molar-refractivity contribution in [1.82, 2.24) is 15.0 Å². The van der Waals surface area contributed by atoms with E-state index in [1.165, 1.54) is 0 Å². The number of nitrogens with zero attached hydrogens (tertiary/aromatic N) is 4. The summed E-state index contributed by atoms with van der Waals surface area (Å²) in [5.74, 6) is 1.57. The van der Waals surface area contributed by atoms with Crippen molar-refractivity contribution >= 4 is 5.95 Å². The first-order valence-corrected chi connectivity index (χ1v) is 9.26. The van der Waals surface area contributed by atoms with Gasteiger partial charge in [-0.25, -0.2) is 9.97 Å². The fraction of sp³-hybridized carbons (Fsp3) is 0.381. The number of hydrogen-bond donors (Lipinski definition) is 0. The van der Waals surface area contributed by atoms with E-state index >= 15 is 0 Å². The molecule has 0 aliphatic carbocycles. The van der Waals surface area contributed by atoms with E-state index in [1.54, 1.807) is 6.26 Å². The topological polar surface area (TPSA) is 64.3 Å². The number of ether oxygens (including phenoxy) is 1. The summed E-state index contributed by atoms with van der Waals surface area (Å²) in [6.45, 7) is 9.66. The minimum Gasteiger partial charge on any atom is -0.469 e. The lowest BCUT2D eigenvalue weighted by molar-refractivity contribution is -0.00571. The highest BCUT2D eigenvalue weighted by Gasteiger charge is 2.25. The van der Waals surface area contributed by atoms with Crippen LogP contribution in [0.3, 0.4) is 0 Å². The van der Waals surface area contributed by atoms with Gasteiger partial charge in [0.25, 0.3) is 0 Å². The van der Waals surface area contributed by atoms with Gasteiger partial charge in [-0.2, -0.15) is 0 Å². The van der Waals surface area contributed by atoms with Gasteiger partial charge in [0.05, 0.1) is 24.2 Å². The van der Waals surface area contributed by atoms with Crippen LogP contribution in [-0.2, 0) is 4.74 Å². The predicted molar refractivity (Wildman–Crippen MR) is 105 cm³/mol. The number of morpholine rings is 1. The minimum atomic E-state index is 0.152. The number of hydrogen-bond acceptors (Lipinski definition) is 6. The molecule has 4 heterocycles. The molecule has 0 saturated carbocycles. The summed E-state index contributed by atoms with van der Waals surface area (Å²) < 4.78 is 11.4. The fourth-order valence-electron chi connectivity index (χ4n) is 3.63. The largest absolute Gasteiger partial charge is 0.469 e. The second-order valence-electron chi connectivity index (χ2n) is 7.17. The molecule has 1 aliphatic rings. The summed E-state index contributed by atoms with van der Waals surface area (Å²) in [4.78, 5) is 16.1. The van der Waals surface area contributed by atoms with Gasteiger partial charge in [0.2, 0.25) is 5.95 Å². The van der Waals surface area contributed by atoms with Crippen LogP contribution in [0.5, 0.6) is 0 Å². The Balaban J connectivity index is 1.82. The average molecular weight is 364 g/mol. The number of aryl methyl sites for hydroxylation is 2. The molecule has 140 valence electrons. The third-order valence-corrected chi connectivity index (χ3v) is 4.80. The van der Waals surface area contributed by atoms with Crippen molar-refractivity contribution in [2.75, 3.05) is 18.0 Å². The Kier molecular flexibility index (Phi) is 4.66. The summed E-state index contributed by atoms with van der Waals surface area (Å²) in [6.07, 6.45) is 5.73. The van der Waals surface area contributed by atoms with Crippen LogP contribution in [-0.4, -0.2) is 40.2 Å². The predicted octanol–water partition coefficient (Wildman–Crippen LogP) is 4.03. The van der Waals surface area contributed by atoms with Crippen molar-refractivity contribution in [1.29, 1.82) is 0 Å². The molecule has 0 amide bonds. The third-order valence-electron chi connectivity index (χ3n) is 4.80. The Morgan fingerprint density at radius 2 is 1.81 bits per heavy atom. The number of furan rings is 1. The lowest BCUT2D eigenvalue weighted by Gasteiger charge is -2.35. The summed E-state index contributed by atoms with van der Waals surface area (Å²) in [5.41, 5.74) is 4.85. The Bertz CT molecular complexity index is 943. The maximum Gasteiger partial charge on any atom is 0.226 e. The molecule has 0 aromatic carbocycles. The smallest absolute Gasteiger partial charge is 0.226 e. The monoisotopic (exact) mass is 364 g/mol. The van der Waals surface area contributed by atoms with Crippen LogP contribution in [0, 0.1) is 13.8 Å². The van der Waals surface area contributed by atoms with E-state index in [0.29, 0.717) is 0 Å². The van der Waals surface area contributed by atoms with Crippen molar-refractivity contribution in [3.63, 3.8) is 0 Å². The van der Waals surface area contributed by atoms with E-state index in [1.807, 2.05) is 38.4 Å². The van der Waals surface area contributed by atoms with E-state index < -0.39 is 0 Å². The zero-order valence-corrected chi connectivity index (χ0v) is 16.1. The molecule has 0 unspecified atom stereocenters. The standard InChI is InChI=1S/C21H24N4O2/c1-13-9-17(5-7-22-13)19-10-23-21(25-11-14(2)27-15(3)12-25)24-20(19)18-6-8-26-16(18)4/h5-10,14-15H,11-12H2,1-4H3/t14-,15+. The van der Waals surface area contributed by atoms with Crippen LogP contribution in [0.15, 0.2) is 41.3 Å². The van der Waals surface area contributed by atoms with Crippen molar-refractivity contribution in [2.45, 2.75) is 39.9 Å². The van der Waals surface area contributed by atoms with Gasteiger partial charge in [-0.05, 0) is 51.5 Å². The molecule has 3 aromatic heterocycles. The summed E-state index contributed by atoms with van der Waals surface area (Å²) in [6, 6.07) is 6.00. The Hall–Kier alpha value is -2.73. The first kappa shape index (κ1) is 17.7. The molecular weight excluding hydrogens is 340 g/mol. The SMILES string of the molecule is Cc1cc(-c2cnc(N3C[C@@H](C)O[C@@H](C)C3)nc2-c2ccoc2C)ccn1. The molecule has 3 aromatic rings. The maximum atomic E-state index is 5.85. The van der Waals surface area contributed by atoms with Gasteiger partial charge in [0, 0.05) is 42.3 Å². The molecule has 0 N–H and O–H groups in total. The molecule has 1 fully saturated rings. The lowest BCUT2D eigenvalue weighted by atomic mass is 10.0. The van der Waals surface area contributed by atoms with E-state index in [-0.39, 0.29) is 12.2 Å². The Labute approximate surface area is 159 Å². The molecule has 2 atom stereocenters. The van der Waals surface area contributed by atoms with Crippen molar-refractivity contribution in [3.8, 4) is 22.4 Å². The van der Waals surface area contributed by atoms with E-state index in [4.69, 9.17) is 14.1 Å². The van der Waals surface area contributed by atoms with Gasteiger partial charge < -0.3 is 14.1 Å². The van der Waals surface area contributed by atoms with E-state index in [9.17, 15) is 0 Å². The van der Waals surface area contributed by atoms with Crippen molar-refractivity contribution < 1.29 is 9.15 Å². The summed E-state index contributed by atoms with van der Waals surface area (Å²) in [5, 5.41) is 0. The molecule has 0 radical (unpaired) electrons. The molecule has 27 heavy (non-hydrogen) atoms. The molecule has 6 nitrogen and oxygen atoms in total. The molecule has 0 bridgehead atoms. The first-order chi connectivity index (χ1) is 13.0. The van der Waals surface area contributed by atoms with E-state index in [0.717, 1.165) is 52.9 Å². The first-order valence-electron chi connectivity index (χ1n) is 9.26. The average Bonchev–Trinajstić information content (AvgIpc) is 3.06. The minimum absolute atomic E-state index is 0.152. The summed E-state index contributed by atoms with van der Waals surface area (Å²) >= 11 is 0. The molecule has 0 spiro atoms. The highest BCUT2D eigenvalue weighted by molar-refractivity contribution is 5.81. The number of anilines is 1. The third kappa shape index (κ3) is 3.57. The molecule has 4 rings (SSSR count). The van der Waals surface area contributed by atoms with Crippen LogP contribution < -0.4 is 4.90 Å². The molecular formula is C21H24N4O2. The van der Waals surface area contributed by atoms with Gasteiger partial charge in [0.15, 0.2) is 0 Å². The van der Waals surface area contributed by atoms with Crippen LogP contribution in [0.4, 0.5) is 5.95 Å². The second kappa shape index (κ2) is 7.12. The lowest BCUT2D eigenvalue weighted by Crippen LogP contribution is -2.46. The second-order valence-corrected chi connectivity index (χ2v) is 7.17. The quantitative estimate of drug-likeness (QED) is 0.699. The zero-order valence-electron chi connectivity index (χ0n) is 16.1. The fourth-order valence-corrected chi connectivity index (χ4v) is 3.63. The Morgan fingerprint density at radius 1 is 1.04 bits per heavy atom. The molecule has 1 aliphatic heterocycles. The maximum absolute atomic E-state index is 5.85. The van der Waals surface area contributed by atoms with Gasteiger partial charge in [0.1, 0.15) is 5.76 Å². The molecule has 1 saturated heterocycles. The normalized spacial score (nSPS) is 20.1. The van der Waals surface area contributed by atoms with Crippen LogP contribution in [0.1, 0.15) is 25.3 Å². The van der Waals surface area contributed by atoms with Gasteiger partial charge >= 0.3 is 0 Å². The molecule has 6 heteroatoms. The van der Waals surface area contributed by atoms with Crippen molar-refractivity contribution in [2.24, 2.45) is 0 Å². The summed E-state index contributed by atoms with van der Waals surface area (Å²) in [7, 11) is 0. The number of aromatic nitrogens is 3. The van der Waals surface area contributed by atoms with Crippen LogP contribution in [0.25, 0.3) is 22.4 Å². The van der Waals surface area contributed by atoms with Crippen LogP contribution in [0.2, 0.25) is 0 Å². The van der Waals surface area contributed by atoms with Crippen molar-refractivity contribution in [3.05, 3.63) is 48.3 Å². The number of rotatable bonds is 3. The Morgan fingerprint density at radius 3 is 2.48 bits per heavy atom. The number of pyridine rings is 1. The highest BCUT2D eigenvalue weighted by Crippen LogP contribution is 2.34. The van der Waals surface area contributed by atoms with Crippen LogP contribution >= 0.6 is 0 Å². The van der Waals surface area contributed by atoms with Gasteiger partial charge in [-0.15, -0.1) is 0 Å². The van der Waals surface area contributed by atoms with Gasteiger partial charge in [-0.3, -0.25) is 4.98 Å². The highest BCUT2D eigenvalue weighted by atomic mass is 16.5. The van der Waals surface area contributed by atoms with Gasteiger partial charge in [-0.1, -0.05) is 0 Å². The van der Waals surface area contributed by atoms with E-state index in [2.05, 4.69) is 34.8 Å².